The maximum Gasteiger partial charge on any atom is 0.119 e. The van der Waals surface area contributed by atoms with Crippen molar-refractivity contribution in [2.24, 2.45) is 5.92 Å². The zero-order valence-corrected chi connectivity index (χ0v) is 90.5. The minimum atomic E-state index is -0.175. The van der Waals surface area contributed by atoms with Gasteiger partial charge in [0.1, 0.15) is 12.4 Å². The Morgan fingerprint density at radius 3 is 0.748 bits per heavy atom. The molecule has 0 amide bonds. The van der Waals surface area contributed by atoms with E-state index in [2.05, 4.69) is 452 Å². The molecule has 2 nitrogen and oxygen atoms in total. The number of unbranched alkanes of at least 4 members (excludes halogenated alkanes) is 1. The van der Waals surface area contributed by atoms with Gasteiger partial charge < -0.3 is 9.47 Å². The van der Waals surface area contributed by atoms with Gasteiger partial charge in [-0.3, -0.25) is 0 Å². The Balaban J connectivity index is 0.000000126. The second-order valence-electron chi connectivity index (χ2n) is 43.9. The molecule has 0 heterocycles. The van der Waals surface area contributed by atoms with E-state index in [-0.39, 0.29) is 27.1 Å². The first kappa shape index (κ1) is 100. The van der Waals surface area contributed by atoms with Gasteiger partial charge in [-0.25, -0.2) is 0 Å². The van der Waals surface area contributed by atoms with Crippen molar-refractivity contribution >= 4 is 0 Å². The molecular weight excluding hydrogens is 1680 g/mol. The highest BCUT2D eigenvalue weighted by Gasteiger charge is 2.49. The summed E-state index contributed by atoms with van der Waals surface area (Å²) in [6, 6.07) is 89.4. The van der Waals surface area contributed by atoms with E-state index in [1.165, 1.54) is 316 Å². The number of benzene rings is 15. The van der Waals surface area contributed by atoms with Gasteiger partial charge in [-0.1, -0.05) is 291 Å². The number of fused-ring (bicyclic) bond motifs is 15. The van der Waals surface area contributed by atoms with E-state index < -0.39 is 0 Å². The zero-order valence-electron chi connectivity index (χ0n) is 90.5. The van der Waals surface area contributed by atoms with Crippen LogP contribution in [-0.2, 0) is 31.8 Å². The molecule has 714 valence electrons. The molecule has 0 fully saturated rings. The predicted molar refractivity (Wildman–Crippen MR) is 597 cm³/mol. The molecule has 20 rings (SSSR count). The van der Waals surface area contributed by atoms with Crippen molar-refractivity contribution in [3.05, 3.63) is 459 Å². The van der Waals surface area contributed by atoms with Crippen LogP contribution >= 0.6 is 0 Å². The lowest BCUT2D eigenvalue weighted by Crippen LogP contribution is -2.30. The Morgan fingerprint density at radius 1 is 0.223 bits per heavy atom. The Labute approximate surface area is 837 Å². The quantitative estimate of drug-likeness (QED) is 0.0898. The van der Waals surface area contributed by atoms with Crippen LogP contribution in [0.2, 0.25) is 0 Å². The highest BCUT2D eigenvalue weighted by atomic mass is 16.5. The topological polar surface area (TPSA) is 18.5 Å². The Kier molecular flexibility index (Phi) is 28.0. The molecule has 0 radical (unpaired) electrons. The minimum absolute atomic E-state index is 0.0658. The van der Waals surface area contributed by atoms with Crippen molar-refractivity contribution in [1.82, 2.24) is 0 Å². The van der Waals surface area contributed by atoms with Gasteiger partial charge in [0.15, 0.2) is 0 Å². The number of aryl methyl sites for hydroxylation is 26. The molecule has 0 saturated carbocycles. The molecule has 0 spiro atoms. The maximum atomic E-state index is 5.84. The van der Waals surface area contributed by atoms with E-state index in [1.807, 2.05) is 6.92 Å². The number of hydrogen-bond donors (Lipinski definition) is 0. The zero-order chi connectivity index (χ0) is 100. The highest BCUT2D eigenvalue weighted by Crippen LogP contribution is 2.61. The number of rotatable bonds is 16. The average molecular weight is 1830 g/mol. The third kappa shape index (κ3) is 17.9. The molecule has 0 aliphatic heterocycles. The second-order valence-corrected chi connectivity index (χ2v) is 43.9. The normalized spacial score (nSPS) is 14.3. The lowest BCUT2D eigenvalue weighted by Gasteiger charge is -2.37. The van der Waals surface area contributed by atoms with Gasteiger partial charge in [0.05, 0.1) is 6.61 Å². The van der Waals surface area contributed by atoms with Gasteiger partial charge >= 0.3 is 0 Å². The summed E-state index contributed by atoms with van der Waals surface area (Å²) >= 11 is 0. The molecular formula is C137H154O2. The van der Waals surface area contributed by atoms with Crippen LogP contribution in [-0.4, -0.2) is 19.8 Å². The third-order valence-corrected chi connectivity index (χ3v) is 34.0. The van der Waals surface area contributed by atoms with Gasteiger partial charge in [0, 0.05) is 33.7 Å². The average Bonchev–Trinajstić information content (AvgIpc) is 1.17. The maximum absolute atomic E-state index is 5.84. The van der Waals surface area contributed by atoms with Gasteiger partial charge in [0.2, 0.25) is 0 Å². The van der Waals surface area contributed by atoms with E-state index in [0.717, 1.165) is 18.3 Å². The number of ether oxygens (including phenoxy) is 2. The summed E-state index contributed by atoms with van der Waals surface area (Å²) in [7, 11) is 0. The Bertz CT molecular complexity index is 6820. The molecule has 0 saturated heterocycles. The van der Waals surface area contributed by atoms with Crippen molar-refractivity contribution in [3.63, 3.8) is 0 Å². The van der Waals surface area contributed by atoms with E-state index >= 15 is 0 Å². The van der Waals surface area contributed by atoms with Crippen LogP contribution in [0.3, 0.4) is 0 Å². The molecule has 0 N–H and O–H groups in total. The van der Waals surface area contributed by atoms with Crippen LogP contribution in [0.5, 0.6) is 5.75 Å². The second kappa shape index (κ2) is 38.9. The van der Waals surface area contributed by atoms with Gasteiger partial charge in [-0.2, -0.15) is 0 Å². The standard InChI is InChI=1S/C32H40.C28H32O2.2C26H28.C25H26/c1-8-10-11-26(9-2)20-32(27-14-12-21(3)13-15-27)30-18-24(6)22(4)16-28(30)29-17-23(5)25(7)19-31(29)32;1-7-29-12-13-30-23-10-8-22(9-11-23)28(6)26-16-20(4)18(2)14-24(26)25-15-19(3)21(5)17-27(25)28;2*1-15-8-16(2)10-21(9-15)26(7)24-13-19(5)17(3)11-22(24)23-12-18(4)20(6)14-25(23)26;1-15-8-7-9-20(10-15)25(6)23-13-18(4)16(2)11-21(23)22-12-17(3)19(5)14-24(22)25/h12-19,26H,8-11,20H2,1-7H3;8-11,14-17H,7,12-13H2,1-6H3;2*8-14H,1-7H3;7-14H,1-6H3. The first-order valence-corrected chi connectivity index (χ1v) is 51.7. The molecule has 15 aromatic carbocycles. The van der Waals surface area contributed by atoms with Crippen LogP contribution in [0.15, 0.2) is 231 Å². The molecule has 1 unspecified atom stereocenters. The van der Waals surface area contributed by atoms with Gasteiger partial charge in [-0.15, -0.1) is 0 Å². The van der Waals surface area contributed by atoms with E-state index in [1.54, 1.807) is 0 Å². The summed E-state index contributed by atoms with van der Waals surface area (Å²) in [6.07, 6.45) is 6.35. The molecule has 15 aromatic rings. The van der Waals surface area contributed by atoms with Crippen LogP contribution in [0.25, 0.3) is 55.6 Å². The van der Waals surface area contributed by atoms with Crippen LogP contribution in [0.4, 0.5) is 0 Å². The van der Waals surface area contributed by atoms with Crippen molar-refractivity contribution in [2.75, 3.05) is 19.8 Å². The van der Waals surface area contributed by atoms with Crippen LogP contribution in [0, 0.1) is 186 Å². The molecule has 139 heavy (non-hydrogen) atoms. The number of hydrogen-bond acceptors (Lipinski definition) is 2. The fourth-order valence-electron chi connectivity index (χ4n) is 24.0. The Morgan fingerprint density at radius 2 is 0.475 bits per heavy atom. The van der Waals surface area contributed by atoms with Crippen molar-refractivity contribution in [2.45, 2.75) is 288 Å². The van der Waals surface area contributed by atoms with E-state index in [4.69, 9.17) is 9.47 Å². The first-order valence-electron chi connectivity index (χ1n) is 51.7. The summed E-state index contributed by atoms with van der Waals surface area (Å²) in [5, 5.41) is 0. The smallest absolute Gasteiger partial charge is 0.119 e. The molecule has 0 bridgehead atoms. The summed E-state index contributed by atoms with van der Waals surface area (Å²) in [5.74, 6) is 1.61. The van der Waals surface area contributed by atoms with Gasteiger partial charge in [0.25, 0.3) is 0 Å². The molecule has 5 aliphatic rings. The van der Waals surface area contributed by atoms with E-state index in [0.29, 0.717) is 13.2 Å². The first-order chi connectivity index (χ1) is 65.9. The molecule has 2 heteroatoms. The van der Waals surface area contributed by atoms with Crippen molar-refractivity contribution in [3.8, 4) is 61.4 Å². The molecule has 0 aromatic heterocycles. The largest absolute Gasteiger partial charge is 0.491 e. The predicted octanol–water partition coefficient (Wildman–Crippen LogP) is 36.1. The minimum Gasteiger partial charge on any atom is -0.491 e. The van der Waals surface area contributed by atoms with Crippen molar-refractivity contribution in [1.29, 1.82) is 0 Å². The lowest BCUT2D eigenvalue weighted by molar-refractivity contribution is 0.110. The molecule has 1 atom stereocenters. The SMILES string of the molecule is CCCCC(CC)CC1(c2ccc(C)cc2)c2cc(C)c(C)cc2-c2cc(C)c(C)cc21.CCOCCOc1ccc(C2(C)c3cc(C)c(C)cc3-c3cc(C)c(C)cc32)cc1.Cc1cc(C)cc(C2(C)c3cc(C)c(C)cc3-c3cc(C)c(C)cc32)c1.Cc1cc(C)cc(C2(C)c3cc(C)c(C)cc3-c3cc(C)c(C)cc32)c1.Cc1cccc(C2(C)c3cc(C)c(C)cc3-c3cc(C)c(C)cc32)c1. The lowest BCUT2D eigenvalue weighted by atomic mass is 9.65. The van der Waals surface area contributed by atoms with Gasteiger partial charge in [-0.05, 0) is 489 Å². The van der Waals surface area contributed by atoms with Crippen molar-refractivity contribution < 1.29 is 9.47 Å². The van der Waals surface area contributed by atoms with Crippen LogP contribution < -0.4 is 4.74 Å². The fourth-order valence-corrected chi connectivity index (χ4v) is 24.0. The summed E-state index contributed by atoms with van der Waals surface area (Å²) in [6.45, 7) is 76.1. The third-order valence-electron chi connectivity index (χ3n) is 34.0. The van der Waals surface area contributed by atoms with E-state index in [9.17, 15) is 0 Å². The van der Waals surface area contributed by atoms with Crippen LogP contribution in [0.1, 0.15) is 309 Å². The summed E-state index contributed by atoms with van der Waals surface area (Å²) in [4.78, 5) is 0. The molecule has 5 aliphatic carbocycles. The fraction of sp³-hybridized carbons (Fsp3) is 0.343. The monoisotopic (exact) mass is 1830 g/mol. The Hall–Kier alpha value is -11.9. The summed E-state index contributed by atoms with van der Waals surface area (Å²) < 4.78 is 11.2. The highest BCUT2D eigenvalue weighted by molar-refractivity contribution is 5.91. The summed E-state index contributed by atoms with van der Waals surface area (Å²) in [5.41, 5.74) is 70.5.